The molecule has 0 aromatic heterocycles. The van der Waals surface area contributed by atoms with Crippen molar-refractivity contribution in [2.24, 2.45) is 0 Å². The Morgan fingerprint density at radius 2 is 2.31 bits per heavy atom. The molecule has 0 bridgehead atoms. The zero-order valence-electron chi connectivity index (χ0n) is 8.26. The summed E-state index contributed by atoms with van der Waals surface area (Å²) in [5.74, 6) is -0.257. The van der Waals surface area contributed by atoms with Gasteiger partial charge in [-0.1, -0.05) is 12.2 Å². The van der Waals surface area contributed by atoms with Crippen molar-refractivity contribution >= 4 is 5.97 Å². The van der Waals surface area contributed by atoms with Gasteiger partial charge in [0.1, 0.15) is 0 Å². The zero-order chi connectivity index (χ0) is 9.84. The van der Waals surface area contributed by atoms with Crippen LogP contribution in [0.3, 0.4) is 0 Å². The van der Waals surface area contributed by atoms with Gasteiger partial charge >= 0.3 is 5.97 Å². The average molecular weight is 178 g/mol. The van der Waals surface area contributed by atoms with Crippen LogP contribution in [0, 0.1) is 0 Å². The molecule has 70 valence electrons. The molecule has 0 aliphatic heterocycles. The highest BCUT2D eigenvalue weighted by Crippen LogP contribution is 2.20. The molecule has 1 aliphatic rings. The predicted molar refractivity (Wildman–Crippen MR) is 52.2 cm³/mol. The molecule has 2 heteroatoms. The highest BCUT2D eigenvalue weighted by molar-refractivity contribution is 5.88. The van der Waals surface area contributed by atoms with Crippen LogP contribution in [0.15, 0.2) is 34.9 Å². The Hall–Kier alpha value is -1.31. The summed E-state index contributed by atoms with van der Waals surface area (Å²) in [6.07, 6.45) is 6.96. The Morgan fingerprint density at radius 3 is 2.77 bits per heavy atom. The van der Waals surface area contributed by atoms with Crippen LogP contribution >= 0.6 is 0 Å². The van der Waals surface area contributed by atoms with Crippen molar-refractivity contribution in [2.45, 2.75) is 20.3 Å². The third-order valence-electron chi connectivity index (χ3n) is 2.11. The lowest BCUT2D eigenvalue weighted by Gasteiger charge is -2.00. The van der Waals surface area contributed by atoms with Gasteiger partial charge < -0.3 is 4.74 Å². The molecule has 0 saturated carbocycles. The fraction of sp³-hybridized carbons (Fsp3) is 0.364. The van der Waals surface area contributed by atoms with Crippen LogP contribution in [0.25, 0.3) is 0 Å². The number of methoxy groups -OCH3 is 1. The number of carbonyl (C=O) groups excluding carboxylic acids is 1. The van der Waals surface area contributed by atoms with E-state index in [2.05, 4.69) is 16.9 Å². The maximum Gasteiger partial charge on any atom is 0.333 e. The summed E-state index contributed by atoms with van der Waals surface area (Å²) in [5.41, 5.74) is 3.08. The first-order valence-corrected chi connectivity index (χ1v) is 4.28. The van der Waals surface area contributed by atoms with E-state index in [4.69, 9.17) is 0 Å². The summed E-state index contributed by atoms with van der Waals surface area (Å²) in [4.78, 5) is 11.1. The van der Waals surface area contributed by atoms with E-state index in [1.807, 2.05) is 13.0 Å². The third-order valence-corrected chi connectivity index (χ3v) is 2.11. The molecule has 13 heavy (non-hydrogen) atoms. The van der Waals surface area contributed by atoms with E-state index >= 15 is 0 Å². The van der Waals surface area contributed by atoms with Crippen LogP contribution in [0.2, 0.25) is 0 Å². The summed E-state index contributed by atoms with van der Waals surface area (Å²) < 4.78 is 4.61. The second kappa shape index (κ2) is 4.08. The van der Waals surface area contributed by atoms with Gasteiger partial charge in [0.05, 0.1) is 7.11 Å². The summed E-state index contributed by atoms with van der Waals surface area (Å²) in [5, 5.41) is 0. The molecule has 0 aromatic rings. The van der Waals surface area contributed by atoms with Gasteiger partial charge in [0.15, 0.2) is 0 Å². The standard InChI is InChI=1S/C11H14O2/c1-8-5-4-6-10(8)7-9(2)11(12)13-3/h4-5,7H,6H2,1-3H3. The van der Waals surface area contributed by atoms with E-state index < -0.39 is 0 Å². The summed E-state index contributed by atoms with van der Waals surface area (Å²) >= 11 is 0. The van der Waals surface area contributed by atoms with Crippen molar-refractivity contribution in [3.05, 3.63) is 34.9 Å². The highest BCUT2D eigenvalue weighted by atomic mass is 16.5. The van der Waals surface area contributed by atoms with E-state index in [-0.39, 0.29) is 5.97 Å². The van der Waals surface area contributed by atoms with Crippen molar-refractivity contribution < 1.29 is 9.53 Å². The predicted octanol–water partition coefficient (Wildman–Crippen LogP) is 2.38. The van der Waals surface area contributed by atoms with Gasteiger partial charge in [-0.15, -0.1) is 0 Å². The third kappa shape index (κ3) is 2.31. The first-order valence-electron chi connectivity index (χ1n) is 4.28. The van der Waals surface area contributed by atoms with E-state index in [1.54, 1.807) is 6.92 Å². The summed E-state index contributed by atoms with van der Waals surface area (Å²) in [7, 11) is 1.40. The fourth-order valence-electron chi connectivity index (χ4n) is 1.28. The van der Waals surface area contributed by atoms with Gasteiger partial charge in [-0.25, -0.2) is 4.79 Å². The molecule has 2 nitrogen and oxygen atoms in total. The van der Waals surface area contributed by atoms with Gasteiger partial charge in [0.2, 0.25) is 0 Å². The van der Waals surface area contributed by atoms with Gasteiger partial charge in [-0.3, -0.25) is 0 Å². The van der Waals surface area contributed by atoms with Crippen molar-refractivity contribution in [3.8, 4) is 0 Å². The largest absolute Gasteiger partial charge is 0.466 e. The number of hydrogen-bond donors (Lipinski definition) is 0. The molecule has 0 spiro atoms. The smallest absolute Gasteiger partial charge is 0.333 e. The van der Waals surface area contributed by atoms with Crippen LogP contribution in [0.5, 0.6) is 0 Å². The highest BCUT2D eigenvalue weighted by Gasteiger charge is 2.07. The quantitative estimate of drug-likeness (QED) is 0.479. The van der Waals surface area contributed by atoms with E-state index in [9.17, 15) is 4.79 Å². The lowest BCUT2D eigenvalue weighted by Crippen LogP contribution is -2.01. The normalized spacial score (nSPS) is 16.7. The molecule has 0 amide bonds. The zero-order valence-corrected chi connectivity index (χ0v) is 8.26. The van der Waals surface area contributed by atoms with Crippen molar-refractivity contribution in [1.82, 2.24) is 0 Å². The number of allylic oxidation sites excluding steroid dienone is 5. The molecule has 0 saturated heterocycles. The maximum absolute atomic E-state index is 11.1. The molecule has 0 atom stereocenters. The Balaban J connectivity index is 2.77. The van der Waals surface area contributed by atoms with E-state index in [1.165, 1.54) is 18.3 Å². The molecule has 0 fully saturated rings. The molecular weight excluding hydrogens is 164 g/mol. The summed E-state index contributed by atoms with van der Waals surface area (Å²) in [6.45, 7) is 3.81. The van der Waals surface area contributed by atoms with Crippen LogP contribution in [-0.4, -0.2) is 13.1 Å². The lowest BCUT2D eigenvalue weighted by molar-refractivity contribution is -0.136. The minimum Gasteiger partial charge on any atom is -0.466 e. The molecule has 0 radical (unpaired) electrons. The molecule has 1 aliphatic carbocycles. The minimum absolute atomic E-state index is 0.257. The number of carbonyl (C=O) groups is 1. The molecule has 1 rings (SSSR count). The molecule has 0 unspecified atom stereocenters. The van der Waals surface area contributed by atoms with Gasteiger partial charge in [0, 0.05) is 5.57 Å². The van der Waals surface area contributed by atoms with E-state index in [0.717, 1.165) is 6.42 Å². The second-order valence-electron chi connectivity index (χ2n) is 3.13. The van der Waals surface area contributed by atoms with Gasteiger partial charge in [0.25, 0.3) is 0 Å². The monoisotopic (exact) mass is 178 g/mol. The first kappa shape index (κ1) is 9.78. The van der Waals surface area contributed by atoms with E-state index in [0.29, 0.717) is 5.57 Å². The number of ether oxygens (including phenoxy) is 1. The minimum atomic E-state index is -0.257. The Bertz CT molecular complexity index is 306. The molecule has 0 N–H and O–H groups in total. The SMILES string of the molecule is COC(=O)C(C)=CC1=C(C)C=CC1. The maximum atomic E-state index is 11.1. The van der Waals surface area contributed by atoms with Gasteiger partial charge in [-0.05, 0) is 37.5 Å². The summed E-state index contributed by atoms with van der Waals surface area (Å²) in [6, 6.07) is 0. The van der Waals surface area contributed by atoms with Crippen LogP contribution in [-0.2, 0) is 9.53 Å². The first-order chi connectivity index (χ1) is 6.15. The Labute approximate surface area is 78.6 Å². The Kier molecular flexibility index (Phi) is 3.07. The van der Waals surface area contributed by atoms with Crippen LogP contribution < -0.4 is 0 Å². The van der Waals surface area contributed by atoms with Crippen molar-refractivity contribution in [1.29, 1.82) is 0 Å². The Morgan fingerprint density at radius 1 is 1.62 bits per heavy atom. The van der Waals surface area contributed by atoms with Gasteiger partial charge in [-0.2, -0.15) is 0 Å². The van der Waals surface area contributed by atoms with Crippen LogP contribution in [0.4, 0.5) is 0 Å². The van der Waals surface area contributed by atoms with Crippen molar-refractivity contribution in [3.63, 3.8) is 0 Å². The fourth-order valence-corrected chi connectivity index (χ4v) is 1.28. The molecule has 0 aromatic carbocycles. The lowest BCUT2D eigenvalue weighted by atomic mass is 10.1. The van der Waals surface area contributed by atoms with Crippen molar-refractivity contribution in [2.75, 3.05) is 7.11 Å². The molecule has 0 heterocycles. The number of esters is 1. The average Bonchev–Trinajstić information content (AvgIpc) is 2.50. The molecular formula is C11H14O2. The number of hydrogen-bond acceptors (Lipinski definition) is 2. The van der Waals surface area contributed by atoms with Crippen LogP contribution in [0.1, 0.15) is 20.3 Å². The topological polar surface area (TPSA) is 26.3 Å². The second-order valence-corrected chi connectivity index (χ2v) is 3.13. The number of rotatable bonds is 2.